The maximum Gasteiger partial charge on any atom is 2.00 e. The number of piperidine rings is 1. The molecule has 2 unspecified atom stereocenters. The van der Waals surface area contributed by atoms with Crippen LogP contribution in [0.25, 0.3) is 5.32 Å². The molecule has 0 amide bonds. The van der Waals surface area contributed by atoms with Gasteiger partial charge in [-0.3, -0.25) is 0 Å². The first-order chi connectivity index (χ1) is 6.79. The summed E-state index contributed by atoms with van der Waals surface area (Å²) < 4.78 is 0. The molecule has 3 heterocycles. The van der Waals surface area contributed by atoms with Gasteiger partial charge in [0.2, 0.25) is 0 Å². The van der Waals surface area contributed by atoms with E-state index in [1.165, 1.54) is 25.4 Å². The number of hydrogen-bond donors (Lipinski definition) is 0. The van der Waals surface area contributed by atoms with Gasteiger partial charge in [-0.25, -0.2) is 0 Å². The van der Waals surface area contributed by atoms with Gasteiger partial charge in [0.15, 0.2) is 0 Å². The van der Waals surface area contributed by atoms with Crippen LogP contribution in [0.4, 0.5) is 0 Å². The summed E-state index contributed by atoms with van der Waals surface area (Å²) in [6, 6.07) is 1.35. The fourth-order valence-electron chi connectivity index (χ4n) is 1.97. The molecule has 0 aliphatic carbocycles. The molecule has 3 fully saturated rings. The van der Waals surface area contributed by atoms with Crippen LogP contribution in [0.15, 0.2) is 0 Å². The zero-order valence-corrected chi connectivity index (χ0v) is 15.8. The Morgan fingerprint density at radius 3 is 1.56 bits per heavy atom. The molecule has 2 atom stereocenters. The predicted molar refractivity (Wildman–Crippen MR) is 67.1 cm³/mol. The van der Waals surface area contributed by atoms with E-state index < -0.39 is 0 Å². The molecule has 0 aromatic rings. The van der Waals surface area contributed by atoms with Crippen LogP contribution in [-0.4, -0.2) is 35.6 Å². The van der Waals surface area contributed by atoms with Crippen molar-refractivity contribution in [2.24, 2.45) is 0 Å². The number of rotatable bonds is 0. The maximum absolute atomic E-state index is 4.55. The minimum atomic E-state index is 0. The van der Waals surface area contributed by atoms with Gasteiger partial charge in [0.1, 0.15) is 0 Å². The Morgan fingerprint density at radius 1 is 1.06 bits per heavy atom. The summed E-state index contributed by atoms with van der Waals surface area (Å²) in [5.74, 6) is 1.42. The van der Waals surface area contributed by atoms with Crippen LogP contribution in [0, 0.1) is 37.0 Å². The Kier molecular flexibility index (Phi) is 7.20. The quantitative estimate of drug-likeness (QED) is 0.521. The summed E-state index contributed by atoms with van der Waals surface area (Å²) in [5, 5.41) is 4.55. The largest absolute Gasteiger partial charge is 2.00 e. The Morgan fingerprint density at radius 2 is 1.38 bits per heavy atom. The van der Waals surface area contributed by atoms with Crippen LogP contribution >= 0.6 is 0 Å². The summed E-state index contributed by atoms with van der Waals surface area (Å²) >= 11 is 0. The molecule has 16 heavy (non-hydrogen) atoms. The minimum absolute atomic E-state index is 0. The SMILES string of the molecule is CC(C)(C)N1CC2CC(C1)[N-]2.C[C-](C)C.[U+2]. The van der Waals surface area contributed by atoms with Gasteiger partial charge in [0, 0.05) is 5.54 Å². The standard InChI is InChI=1S/C9H17N2.C4H9.U/c1-9(2,3)11-5-7-4-8(6-11)10-7;1-4(2)3;/h7-8H,4-6H2,1-3H3;1-3H3;/q2*-1;+2. The Labute approximate surface area is 125 Å². The van der Waals surface area contributed by atoms with Crippen molar-refractivity contribution < 1.29 is 31.1 Å². The van der Waals surface area contributed by atoms with Crippen molar-refractivity contribution in [2.45, 2.75) is 65.6 Å². The third-order valence-electron chi connectivity index (χ3n) is 2.78. The van der Waals surface area contributed by atoms with E-state index in [1.807, 2.05) is 0 Å². The maximum atomic E-state index is 4.55. The zero-order valence-electron chi connectivity index (χ0n) is 11.7. The van der Waals surface area contributed by atoms with Crippen molar-refractivity contribution >= 4 is 0 Å². The van der Waals surface area contributed by atoms with Crippen molar-refractivity contribution in [3.05, 3.63) is 11.2 Å². The van der Waals surface area contributed by atoms with E-state index in [9.17, 15) is 0 Å². The molecule has 0 aromatic carbocycles. The number of hydrogen-bond acceptors (Lipinski definition) is 1. The molecule has 0 radical (unpaired) electrons. The minimum Gasteiger partial charge on any atom is -0.655 e. The molecule has 3 saturated heterocycles. The summed E-state index contributed by atoms with van der Waals surface area (Å²) in [6.07, 6.45) is 1.35. The van der Waals surface area contributed by atoms with Crippen LogP contribution in [0.5, 0.6) is 0 Å². The van der Waals surface area contributed by atoms with Gasteiger partial charge in [-0.1, -0.05) is 6.42 Å². The van der Waals surface area contributed by atoms with Crippen LogP contribution in [-0.2, 0) is 0 Å². The first-order valence-corrected chi connectivity index (χ1v) is 6.01. The van der Waals surface area contributed by atoms with Gasteiger partial charge in [-0.05, 0) is 33.9 Å². The third kappa shape index (κ3) is 5.54. The molecule has 3 aliphatic heterocycles. The van der Waals surface area contributed by atoms with E-state index in [0.717, 1.165) is 0 Å². The van der Waals surface area contributed by atoms with Gasteiger partial charge in [0.05, 0.1) is 0 Å². The summed E-state index contributed by atoms with van der Waals surface area (Å²) in [5.41, 5.74) is 0.354. The molecule has 0 aromatic heterocycles. The summed E-state index contributed by atoms with van der Waals surface area (Å²) in [7, 11) is 0. The average molecular weight is 448 g/mol. The molecule has 3 heteroatoms. The first-order valence-electron chi connectivity index (χ1n) is 6.01. The second-order valence-electron chi connectivity index (χ2n) is 6.27. The number of piperazine rings is 1. The normalized spacial score (nSPS) is 28.7. The van der Waals surface area contributed by atoms with Crippen LogP contribution in [0.3, 0.4) is 0 Å². The molecule has 0 N–H and O–H groups in total. The fourth-order valence-corrected chi connectivity index (χ4v) is 1.97. The zero-order chi connectivity index (χ0) is 11.6. The molecule has 0 spiro atoms. The first kappa shape index (κ1) is 17.0. The Balaban J connectivity index is 0.000000397. The number of nitrogens with zero attached hydrogens (tertiary/aromatic N) is 2. The summed E-state index contributed by atoms with van der Waals surface area (Å²) in [6.45, 7) is 15.5. The van der Waals surface area contributed by atoms with Crippen molar-refractivity contribution in [3.8, 4) is 0 Å². The van der Waals surface area contributed by atoms with Crippen LogP contribution < -0.4 is 0 Å². The topological polar surface area (TPSA) is 17.3 Å². The summed E-state index contributed by atoms with van der Waals surface area (Å²) in [4.78, 5) is 2.55. The number of fused-ring (bicyclic) bond motifs is 2. The van der Waals surface area contributed by atoms with Crippen LogP contribution in [0.1, 0.15) is 48.0 Å². The molecule has 3 rings (SSSR count). The van der Waals surface area contributed by atoms with E-state index in [0.29, 0.717) is 17.6 Å². The molecule has 2 bridgehead atoms. The Hall–Kier alpha value is 0.972. The molecule has 0 saturated carbocycles. The van der Waals surface area contributed by atoms with E-state index in [1.54, 1.807) is 0 Å². The van der Waals surface area contributed by atoms with Gasteiger partial charge < -0.3 is 16.1 Å². The predicted octanol–water partition coefficient (Wildman–Crippen LogP) is 3.24. The van der Waals surface area contributed by atoms with Crippen LogP contribution in [0.2, 0.25) is 0 Å². The average Bonchev–Trinajstić information content (AvgIpc) is 2.00. The van der Waals surface area contributed by atoms with Crippen molar-refractivity contribution in [3.63, 3.8) is 0 Å². The van der Waals surface area contributed by atoms with E-state index in [2.05, 4.69) is 51.8 Å². The molecule has 3 aliphatic rings. The second-order valence-corrected chi connectivity index (χ2v) is 6.27. The monoisotopic (exact) mass is 448 g/mol. The third-order valence-corrected chi connectivity index (χ3v) is 2.78. The van der Waals surface area contributed by atoms with E-state index in [-0.39, 0.29) is 31.1 Å². The van der Waals surface area contributed by atoms with E-state index >= 15 is 0 Å². The van der Waals surface area contributed by atoms with Gasteiger partial charge >= 0.3 is 31.1 Å². The van der Waals surface area contributed by atoms with Crippen molar-refractivity contribution in [1.29, 1.82) is 0 Å². The molecular formula is C13H26N2U. The van der Waals surface area contributed by atoms with Crippen molar-refractivity contribution in [2.75, 3.05) is 13.1 Å². The Bertz CT molecular complexity index is 180. The fraction of sp³-hybridized carbons (Fsp3) is 0.923. The van der Waals surface area contributed by atoms with Gasteiger partial charge in [-0.15, -0.1) is 12.1 Å². The van der Waals surface area contributed by atoms with Gasteiger partial charge in [0.25, 0.3) is 0 Å². The molecule has 2 nitrogen and oxygen atoms in total. The smallest absolute Gasteiger partial charge is 0.655 e. The van der Waals surface area contributed by atoms with Gasteiger partial charge in [-0.2, -0.15) is 20.8 Å². The van der Waals surface area contributed by atoms with E-state index in [4.69, 9.17) is 0 Å². The van der Waals surface area contributed by atoms with Crippen molar-refractivity contribution in [1.82, 2.24) is 4.90 Å². The molecule has 92 valence electrons. The molecular weight excluding hydrogens is 422 g/mol. The second kappa shape index (κ2) is 6.78.